The van der Waals surface area contributed by atoms with Gasteiger partial charge in [0.15, 0.2) is 0 Å². The summed E-state index contributed by atoms with van der Waals surface area (Å²) in [6.07, 6.45) is 0.575. The van der Waals surface area contributed by atoms with Crippen molar-refractivity contribution in [3.8, 4) is 0 Å². The van der Waals surface area contributed by atoms with Gasteiger partial charge in [-0.25, -0.2) is 9.18 Å². The molecule has 1 N–H and O–H groups in total. The average Bonchev–Trinajstić information content (AvgIpc) is 2.85. The van der Waals surface area contributed by atoms with Gasteiger partial charge in [0.05, 0.1) is 0 Å². The van der Waals surface area contributed by atoms with Crippen LogP contribution in [0.4, 0.5) is 9.18 Å². The second kappa shape index (κ2) is 6.43. The molecule has 1 aliphatic heterocycles. The number of hydrogen-bond acceptors (Lipinski definition) is 3. The number of nitrogens with zero attached hydrogens (tertiary/aromatic N) is 1. The predicted molar refractivity (Wildman–Crippen MR) is 79.5 cm³/mol. The molecule has 5 heteroatoms. The highest BCUT2D eigenvalue weighted by Gasteiger charge is 2.29. The van der Waals surface area contributed by atoms with Crippen molar-refractivity contribution in [3.05, 3.63) is 35.6 Å². The van der Waals surface area contributed by atoms with Crippen LogP contribution in [-0.4, -0.2) is 35.7 Å². The molecule has 1 aliphatic rings. The van der Waals surface area contributed by atoms with Crippen molar-refractivity contribution in [3.63, 3.8) is 0 Å². The molecule has 0 aliphatic carbocycles. The number of carbonyl (C=O) groups is 1. The van der Waals surface area contributed by atoms with E-state index < -0.39 is 5.60 Å². The van der Waals surface area contributed by atoms with E-state index in [0.29, 0.717) is 25.2 Å². The van der Waals surface area contributed by atoms with Crippen molar-refractivity contribution in [2.45, 2.75) is 45.4 Å². The number of carbonyl (C=O) groups excluding carboxylic acids is 1. The molecule has 0 spiro atoms. The molecule has 2 rings (SSSR count). The highest BCUT2D eigenvalue weighted by Crippen LogP contribution is 2.16. The lowest BCUT2D eigenvalue weighted by Crippen LogP contribution is -2.38. The van der Waals surface area contributed by atoms with Crippen LogP contribution in [0.3, 0.4) is 0 Å². The van der Waals surface area contributed by atoms with Gasteiger partial charge in [-0.2, -0.15) is 0 Å². The van der Waals surface area contributed by atoms with Crippen molar-refractivity contribution in [2.24, 2.45) is 0 Å². The minimum absolute atomic E-state index is 0.178. The Morgan fingerprint density at radius 2 is 2.14 bits per heavy atom. The maximum absolute atomic E-state index is 13.5. The number of hydrogen-bond donors (Lipinski definition) is 1. The molecule has 1 saturated heterocycles. The molecule has 0 saturated carbocycles. The summed E-state index contributed by atoms with van der Waals surface area (Å²) in [4.78, 5) is 13.6. The Morgan fingerprint density at radius 1 is 1.43 bits per heavy atom. The zero-order chi connectivity index (χ0) is 15.5. The van der Waals surface area contributed by atoms with Gasteiger partial charge in [-0.3, -0.25) is 0 Å². The summed E-state index contributed by atoms with van der Waals surface area (Å²) in [7, 11) is 0. The second-order valence-electron chi connectivity index (χ2n) is 6.38. The zero-order valence-corrected chi connectivity index (χ0v) is 12.9. The number of nitrogens with one attached hydrogen (secondary N) is 1. The number of likely N-dealkylation sites (tertiary alicyclic amines) is 1. The minimum atomic E-state index is -0.476. The number of amides is 1. The molecule has 4 nitrogen and oxygen atoms in total. The van der Waals surface area contributed by atoms with Crippen LogP contribution in [0.5, 0.6) is 0 Å². The molecule has 21 heavy (non-hydrogen) atoms. The largest absolute Gasteiger partial charge is 0.444 e. The Kier molecular flexibility index (Phi) is 4.83. The molecule has 1 atom stereocenters. The third kappa shape index (κ3) is 4.70. The van der Waals surface area contributed by atoms with Crippen LogP contribution in [0.1, 0.15) is 32.8 Å². The van der Waals surface area contributed by atoms with Crippen molar-refractivity contribution >= 4 is 6.09 Å². The van der Waals surface area contributed by atoms with Crippen LogP contribution >= 0.6 is 0 Å². The van der Waals surface area contributed by atoms with Crippen LogP contribution in [0.25, 0.3) is 0 Å². The minimum Gasteiger partial charge on any atom is -0.444 e. The van der Waals surface area contributed by atoms with Crippen molar-refractivity contribution < 1.29 is 13.9 Å². The molecule has 1 aromatic rings. The van der Waals surface area contributed by atoms with Gasteiger partial charge < -0.3 is 15.0 Å². The van der Waals surface area contributed by atoms with E-state index in [1.54, 1.807) is 17.0 Å². The van der Waals surface area contributed by atoms with Crippen LogP contribution in [0, 0.1) is 5.82 Å². The third-order valence-electron chi connectivity index (χ3n) is 3.38. The smallest absolute Gasteiger partial charge is 0.410 e. The summed E-state index contributed by atoms with van der Waals surface area (Å²) >= 11 is 0. The topological polar surface area (TPSA) is 41.6 Å². The summed E-state index contributed by atoms with van der Waals surface area (Å²) in [5.41, 5.74) is 0.170. The van der Waals surface area contributed by atoms with Gasteiger partial charge >= 0.3 is 6.09 Å². The monoisotopic (exact) mass is 294 g/mol. The van der Waals surface area contributed by atoms with Gasteiger partial charge in [0.1, 0.15) is 11.4 Å². The normalized spacial score (nSPS) is 18.9. The molecule has 1 fully saturated rings. The highest BCUT2D eigenvalue weighted by molar-refractivity contribution is 5.68. The Hall–Kier alpha value is -1.62. The lowest BCUT2D eigenvalue weighted by molar-refractivity contribution is 0.0291. The van der Waals surface area contributed by atoms with Crippen LogP contribution in [0.15, 0.2) is 24.3 Å². The fourth-order valence-electron chi connectivity index (χ4n) is 2.32. The van der Waals surface area contributed by atoms with Crippen molar-refractivity contribution in [2.75, 3.05) is 13.1 Å². The molecular weight excluding hydrogens is 271 g/mol. The maximum Gasteiger partial charge on any atom is 0.410 e. The van der Waals surface area contributed by atoms with Gasteiger partial charge in [-0.1, -0.05) is 18.2 Å². The molecule has 1 aromatic carbocycles. The lowest BCUT2D eigenvalue weighted by Gasteiger charge is -2.24. The van der Waals surface area contributed by atoms with Gasteiger partial charge in [0.25, 0.3) is 0 Å². The van der Waals surface area contributed by atoms with E-state index in [1.807, 2.05) is 26.8 Å². The third-order valence-corrected chi connectivity index (χ3v) is 3.38. The van der Waals surface area contributed by atoms with E-state index in [-0.39, 0.29) is 18.0 Å². The first kappa shape index (κ1) is 15.8. The number of rotatable bonds is 3. The number of halogens is 1. The Bertz CT molecular complexity index is 499. The Morgan fingerprint density at radius 3 is 2.81 bits per heavy atom. The Balaban J connectivity index is 1.80. The van der Waals surface area contributed by atoms with Crippen LogP contribution in [0.2, 0.25) is 0 Å². The van der Waals surface area contributed by atoms with E-state index in [4.69, 9.17) is 4.74 Å². The van der Waals surface area contributed by atoms with Gasteiger partial charge in [0, 0.05) is 31.2 Å². The molecule has 0 unspecified atom stereocenters. The lowest BCUT2D eigenvalue weighted by atomic mass is 10.2. The van der Waals surface area contributed by atoms with Gasteiger partial charge in [-0.15, -0.1) is 0 Å². The molecule has 1 heterocycles. The summed E-state index contributed by atoms with van der Waals surface area (Å²) in [5, 5.41) is 3.30. The maximum atomic E-state index is 13.5. The summed E-state index contributed by atoms with van der Waals surface area (Å²) in [5.74, 6) is -0.202. The van der Waals surface area contributed by atoms with E-state index in [9.17, 15) is 9.18 Å². The number of benzene rings is 1. The van der Waals surface area contributed by atoms with Crippen molar-refractivity contribution in [1.29, 1.82) is 0 Å². The van der Waals surface area contributed by atoms with Crippen LogP contribution in [-0.2, 0) is 11.3 Å². The fraction of sp³-hybridized carbons (Fsp3) is 0.562. The van der Waals surface area contributed by atoms with E-state index in [1.165, 1.54) is 6.07 Å². The first-order valence-electron chi connectivity index (χ1n) is 7.30. The molecule has 0 radical (unpaired) electrons. The number of ether oxygens (including phenoxy) is 1. The molecule has 1 amide bonds. The van der Waals surface area contributed by atoms with E-state index in [0.717, 1.165) is 6.42 Å². The van der Waals surface area contributed by atoms with E-state index >= 15 is 0 Å². The average molecular weight is 294 g/mol. The highest BCUT2D eigenvalue weighted by atomic mass is 19.1. The first-order chi connectivity index (χ1) is 9.85. The Labute approximate surface area is 125 Å². The molecule has 116 valence electrons. The summed E-state index contributed by atoms with van der Waals surface area (Å²) in [6, 6.07) is 6.90. The SMILES string of the molecule is CC(C)(C)OC(=O)N1CC[C@@H](NCc2ccccc2F)C1. The molecular formula is C16H23FN2O2. The van der Waals surface area contributed by atoms with Gasteiger partial charge in [0.2, 0.25) is 0 Å². The zero-order valence-electron chi connectivity index (χ0n) is 12.9. The first-order valence-corrected chi connectivity index (χ1v) is 7.30. The second-order valence-corrected chi connectivity index (χ2v) is 6.38. The molecule has 0 aromatic heterocycles. The predicted octanol–water partition coefficient (Wildman–Crippen LogP) is 2.92. The fourth-order valence-corrected chi connectivity index (χ4v) is 2.32. The van der Waals surface area contributed by atoms with Gasteiger partial charge in [-0.05, 0) is 33.3 Å². The summed E-state index contributed by atoms with van der Waals surface area (Å²) < 4.78 is 18.9. The summed E-state index contributed by atoms with van der Waals surface area (Å²) in [6.45, 7) is 7.31. The van der Waals surface area contributed by atoms with Crippen LogP contribution < -0.4 is 5.32 Å². The van der Waals surface area contributed by atoms with Crippen molar-refractivity contribution in [1.82, 2.24) is 10.2 Å². The standard InChI is InChI=1S/C16H23FN2O2/c1-16(2,3)21-15(20)19-9-8-13(11-19)18-10-12-6-4-5-7-14(12)17/h4-7,13,18H,8-11H2,1-3H3/t13-/m1/s1. The molecule has 0 bridgehead atoms. The quantitative estimate of drug-likeness (QED) is 0.932. The van der Waals surface area contributed by atoms with E-state index in [2.05, 4.69) is 5.32 Å².